The van der Waals surface area contributed by atoms with E-state index in [1.54, 1.807) is 6.33 Å². The molecule has 1 aliphatic heterocycles. The van der Waals surface area contributed by atoms with E-state index in [1.165, 1.54) is 17.3 Å². The van der Waals surface area contributed by atoms with Crippen molar-refractivity contribution < 1.29 is 4.79 Å². The van der Waals surface area contributed by atoms with E-state index >= 15 is 0 Å². The maximum atomic E-state index is 12.6. The Hall–Kier alpha value is -1.82. The molecule has 0 fully saturated rings. The number of thioether (sulfide) groups is 1. The smallest absolute Gasteiger partial charge is 0.240 e. The lowest BCUT2D eigenvalue weighted by Crippen LogP contribution is -2.35. The summed E-state index contributed by atoms with van der Waals surface area (Å²) in [6.45, 7) is 2.69. The highest BCUT2D eigenvalue weighted by atomic mass is 32.2. The topological polar surface area (TPSA) is 51.0 Å². The number of carbonyl (C=O) groups excluding carboxylic acids is 1. The fourth-order valence-corrected chi connectivity index (χ4v) is 3.23. The van der Waals surface area contributed by atoms with Gasteiger partial charge in [0.15, 0.2) is 5.16 Å². The standard InChI is InChI=1S/C14H16N4OS/c1-10(20-14-16-15-9-17(14)2)13(19)18-8-7-11-5-3-4-6-12(11)18/h3-6,9-10H,7-8H2,1-2H3. The number of fused-ring (bicyclic) bond motifs is 1. The number of anilines is 1. The van der Waals surface area contributed by atoms with E-state index in [0.29, 0.717) is 0 Å². The van der Waals surface area contributed by atoms with Crippen LogP contribution in [0.3, 0.4) is 0 Å². The Kier molecular flexibility index (Phi) is 3.48. The lowest BCUT2D eigenvalue weighted by Gasteiger charge is -2.21. The van der Waals surface area contributed by atoms with E-state index in [0.717, 1.165) is 23.8 Å². The third kappa shape index (κ3) is 2.31. The zero-order chi connectivity index (χ0) is 14.1. The van der Waals surface area contributed by atoms with Crippen molar-refractivity contribution in [3.05, 3.63) is 36.2 Å². The van der Waals surface area contributed by atoms with E-state index in [1.807, 2.05) is 41.6 Å². The van der Waals surface area contributed by atoms with Gasteiger partial charge in [0.05, 0.1) is 5.25 Å². The van der Waals surface area contributed by atoms with Crippen LogP contribution in [0.2, 0.25) is 0 Å². The molecular formula is C14H16N4OS. The number of nitrogens with zero attached hydrogens (tertiary/aromatic N) is 4. The van der Waals surface area contributed by atoms with Crippen molar-refractivity contribution in [3.8, 4) is 0 Å². The molecule has 0 aliphatic carbocycles. The number of aromatic nitrogens is 3. The predicted molar refractivity (Wildman–Crippen MR) is 78.8 cm³/mol. The van der Waals surface area contributed by atoms with Gasteiger partial charge in [-0.05, 0) is 25.0 Å². The second-order valence-electron chi connectivity index (χ2n) is 4.85. The van der Waals surface area contributed by atoms with Crippen LogP contribution < -0.4 is 4.90 Å². The second-order valence-corrected chi connectivity index (χ2v) is 6.16. The van der Waals surface area contributed by atoms with Crippen LogP contribution in [0.5, 0.6) is 0 Å². The van der Waals surface area contributed by atoms with Crippen LogP contribution in [-0.4, -0.2) is 32.5 Å². The van der Waals surface area contributed by atoms with Gasteiger partial charge in [-0.1, -0.05) is 30.0 Å². The molecule has 0 spiro atoms. The van der Waals surface area contributed by atoms with Crippen molar-refractivity contribution in [2.75, 3.05) is 11.4 Å². The fraction of sp³-hybridized carbons (Fsp3) is 0.357. The van der Waals surface area contributed by atoms with Crippen LogP contribution >= 0.6 is 11.8 Å². The van der Waals surface area contributed by atoms with Crippen molar-refractivity contribution in [2.45, 2.75) is 23.8 Å². The number of benzene rings is 1. The number of aryl methyl sites for hydroxylation is 1. The molecule has 1 unspecified atom stereocenters. The Labute approximate surface area is 122 Å². The van der Waals surface area contributed by atoms with Gasteiger partial charge in [-0.3, -0.25) is 4.79 Å². The Bertz CT molecular complexity index is 640. The van der Waals surface area contributed by atoms with E-state index < -0.39 is 0 Å². The van der Waals surface area contributed by atoms with Crippen molar-refractivity contribution >= 4 is 23.4 Å². The van der Waals surface area contributed by atoms with Gasteiger partial charge in [0.1, 0.15) is 6.33 Å². The lowest BCUT2D eigenvalue weighted by molar-refractivity contribution is -0.117. The number of rotatable bonds is 3. The summed E-state index contributed by atoms with van der Waals surface area (Å²) in [6, 6.07) is 8.10. The summed E-state index contributed by atoms with van der Waals surface area (Å²) in [5.41, 5.74) is 2.29. The first-order valence-corrected chi connectivity index (χ1v) is 7.44. The summed E-state index contributed by atoms with van der Waals surface area (Å²) in [4.78, 5) is 14.5. The average Bonchev–Trinajstić information content (AvgIpc) is 3.05. The molecule has 0 N–H and O–H groups in total. The van der Waals surface area contributed by atoms with E-state index in [9.17, 15) is 4.79 Å². The minimum absolute atomic E-state index is 0.128. The second kappa shape index (κ2) is 5.28. The first-order chi connectivity index (χ1) is 9.66. The normalized spacial score (nSPS) is 15.2. The highest BCUT2D eigenvalue weighted by Gasteiger charge is 2.28. The van der Waals surface area contributed by atoms with Crippen LogP contribution in [0, 0.1) is 0 Å². The third-order valence-corrected chi connectivity index (χ3v) is 4.59. The molecule has 1 aliphatic rings. The van der Waals surface area contributed by atoms with Gasteiger partial charge in [0, 0.05) is 19.3 Å². The summed E-state index contributed by atoms with van der Waals surface area (Å²) in [6.07, 6.45) is 2.58. The highest BCUT2D eigenvalue weighted by molar-refractivity contribution is 8.00. The quantitative estimate of drug-likeness (QED) is 0.809. The minimum Gasteiger partial charge on any atom is -0.312 e. The Morgan fingerprint density at radius 3 is 2.95 bits per heavy atom. The summed E-state index contributed by atoms with van der Waals surface area (Å²) in [5, 5.41) is 8.43. The van der Waals surface area contributed by atoms with Crippen molar-refractivity contribution in [1.29, 1.82) is 0 Å². The predicted octanol–water partition coefficient (Wildman–Crippen LogP) is 1.88. The Morgan fingerprint density at radius 1 is 1.40 bits per heavy atom. The zero-order valence-electron chi connectivity index (χ0n) is 11.5. The van der Waals surface area contributed by atoms with Crippen molar-refractivity contribution in [1.82, 2.24) is 14.8 Å². The molecule has 1 aromatic heterocycles. The molecule has 1 atom stereocenters. The number of hydrogen-bond acceptors (Lipinski definition) is 4. The molecule has 1 aromatic carbocycles. The molecular weight excluding hydrogens is 272 g/mol. The minimum atomic E-state index is -0.177. The molecule has 3 rings (SSSR count). The average molecular weight is 288 g/mol. The molecule has 0 bridgehead atoms. The zero-order valence-corrected chi connectivity index (χ0v) is 12.3. The number of hydrogen-bond donors (Lipinski definition) is 0. The molecule has 1 amide bonds. The van der Waals surface area contributed by atoms with Gasteiger partial charge in [-0.2, -0.15) is 0 Å². The summed E-state index contributed by atoms with van der Waals surface area (Å²) < 4.78 is 1.83. The first kappa shape index (κ1) is 13.2. The number of amides is 1. The molecule has 104 valence electrons. The lowest BCUT2D eigenvalue weighted by atomic mass is 10.2. The van der Waals surface area contributed by atoms with Gasteiger partial charge in [0.25, 0.3) is 0 Å². The Balaban J connectivity index is 1.75. The molecule has 0 radical (unpaired) electrons. The molecule has 2 aromatic rings. The molecule has 20 heavy (non-hydrogen) atoms. The monoisotopic (exact) mass is 288 g/mol. The van der Waals surface area contributed by atoms with E-state index in [2.05, 4.69) is 16.3 Å². The molecule has 0 saturated heterocycles. The summed E-state index contributed by atoms with van der Waals surface area (Å²) >= 11 is 1.44. The van der Waals surface area contributed by atoms with Gasteiger partial charge in [-0.15, -0.1) is 10.2 Å². The van der Waals surface area contributed by atoms with Crippen LogP contribution in [0.1, 0.15) is 12.5 Å². The summed E-state index contributed by atoms with van der Waals surface area (Å²) in [7, 11) is 1.88. The molecule has 2 heterocycles. The van der Waals surface area contributed by atoms with Crippen LogP contribution in [-0.2, 0) is 18.3 Å². The maximum Gasteiger partial charge on any atom is 0.240 e. The van der Waals surface area contributed by atoms with Gasteiger partial charge in [-0.25, -0.2) is 0 Å². The van der Waals surface area contributed by atoms with Crippen LogP contribution in [0.25, 0.3) is 0 Å². The van der Waals surface area contributed by atoms with Gasteiger partial charge >= 0.3 is 0 Å². The van der Waals surface area contributed by atoms with Gasteiger partial charge in [0.2, 0.25) is 5.91 Å². The largest absolute Gasteiger partial charge is 0.312 e. The van der Waals surface area contributed by atoms with Crippen LogP contribution in [0.15, 0.2) is 35.7 Å². The van der Waals surface area contributed by atoms with Gasteiger partial charge < -0.3 is 9.47 Å². The third-order valence-electron chi connectivity index (χ3n) is 3.45. The SMILES string of the molecule is CC(Sc1nncn1C)C(=O)N1CCc2ccccc21. The summed E-state index contributed by atoms with van der Waals surface area (Å²) in [5.74, 6) is 0.128. The van der Waals surface area contributed by atoms with Crippen LogP contribution in [0.4, 0.5) is 5.69 Å². The molecule has 6 heteroatoms. The Morgan fingerprint density at radius 2 is 2.20 bits per heavy atom. The van der Waals surface area contributed by atoms with E-state index in [4.69, 9.17) is 0 Å². The van der Waals surface area contributed by atoms with Crippen molar-refractivity contribution in [3.63, 3.8) is 0 Å². The van der Waals surface area contributed by atoms with Crippen molar-refractivity contribution in [2.24, 2.45) is 7.05 Å². The molecule has 5 nitrogen and oxygen atoms in total. The van der Waals surface area contributed by atoms with E-state index in [-0.39, 0.29) is 11.2 Å². The number of carbonyl (C=O) groups is 1. The molecule has 0 saturated carbocycles. The maximum absolute atomic E-state index is 12.6. The first-order valence-electron chi connectivity index (χ1n) is 6.57. The fourth-order valence-electron chi connectivity index (χ4n) is 2.37. The highest BCUT2D eigenvalue weighted by Crippen LogP contribution is 2.30. The number of para-hydroxylation sites is 1.